The minimum atomic E-state index is -1.49. The van der Waals surface area contributed by atoms with Gasteiger partial charge in [-0.05, 0) is 5.92 Å². The lowest BCUT2D eigenvalue weighted by atomic mass is 9.99. The van der Waals surface area contributed by atoms with Crippen molar-refractivity contribution in [2.24, 2.45) is 11.7 Å². The Bertz CT molecular complexity index is 137. The number of aliphatic hydroxyl groups is 2. The van der Waals surface area contributed by atoms with Crippen molar-refractivity contribution in [3.05, 3.63) is 0 Å². The Morgan fingerprint density at radius 3 is 2.27 bits per heavy atom. The van der Waals surface area contributed by atoms with Crippen LogP contribution >= 0.6 is 0 Å². The summed E-state index contributed by atoms with van der Waals surface area (Å²) in [4.78, 5) is 10.2. The fourth-order valence-corrected chi connectivity index (χ4v) is 0.723. The smallest absolute Gasteiger partial charge is 0.320 e. The zero-order valence-electron chi connectivity index (χ0n) is 6.27. The first kappa shape index (κ1) is 10.3. The third kappa shape index (κ3) is 3.92. The van der Waals surface area contributed by atoms with E-state index in [9.17, 15) is 4.79 Å². The lowest BCUT2D eigenvalue weighted by Crippen LogP contribution is -2.38. The lowest BCUT2D eigenvalue weighted by Gasteiger charge is -2.16. The maximum Gasteiger partial charge on any atom is 0.320 e. The third-order valence-corrected chi connectivity index (χ3v) is 1.48. The molecule has 5 nitrogen and oxygen atoms in total. The maximum atomic E-state index is 10.2. The molecule has 0 aromatic heterocycles. The number of carboxylic acids is 1. The highest BCUT2D eigenvalue weighted by atomic mass is 16.5. The van der Waals surface area contributed by atoms with Gasteiger partial charge in [-0.25, -0.2) is 0 Å². The highest BCUT2D eigenvalue weighted by Crippen LogP contribution is 2.07. The van der Waals surface area contributed by atoms with Crippen molar-refractivity contribution in [2.45, 2.75) is 25.7 Å². The molecule has 0 aliphatic heterocycles. The number of aliphatic hydroxyl groups excluding tert-OH is 1. The zero-order valence-corrected chi connectivity index (χ0v) is 6.27. The van der Waals surface area contributed by atoms with E-state index >= 15 is 0 Å². The number of carboxylic acid groups (broad SMARTS) is 1. The molecule has 66 valence electrons. The van der Waals surface area contributed by atoms with Crippen LogP contribution in [0.15, 0.2) is 0 Å². The summed E-state index contributed by atoms with van der Waals surface area (Å²) in [6.45, 7) is 1.55. The summed E-state index contributed by atoms with van der Waals surface area (Å²) >= 11 is 0. The number of rotatable bonds is 4. The molecule has 0 saturated carbocycles. The van der Waals surface area contributed by atoms with E-state index in [0.717, 1.165) is 0 Å². The van der Waals surface area contributed by atoms with Crippen molar-refractivity contribution in [3.63, 3.8) is 0 Å². The standard InChI is InChI=1S/C6H13NO4/c1-3(2-4(8)9)5(7)6(10)11/h3-5,8-9H,2,7H2,1H3,(H,10,11). The summed E-state index contributed by atoms with van der Waals surface area (Å²) in [5.41, 5.74) is 5.19. The number of hydrogen-bond acceptors (Lipinski definition) is 4. The van der Waals surface area contributed by atoms with Gasteiger partial charge < -0.3 is 21.1 Å². The Labute approximate surface area is 64.4 Å². The molecule has 2 atom stereocenters. The molecule has 0 radical (unpaired) electrons. The second-order valence-electron chi connectivity index (χ2n) is 2.56. The Hall–Kier alpha value is -0.650. The van der Waals surface area contributed by atoms with Gasteiger partial charge in [0.1, 0.15) is 6.04 Å². The second-order valence-corrected chi connectivity index (χ2v) is 2.56. The van der Waals surface area contributed by atoms with Gasteiger partial charge >= 0.3 is 5.97 Å². The van der Waals surface area contributed by atoms with Crippen LogP contribution in [0.5, 0.6) is 0 Å². The molecule has 5 N–H and O–H groups in total. The average molecular weight is 163 g/mol. The molecule has 0 spiro atoms. The summed E-state index contributed by atoms with van der Waals surface area (Å²) in [6, 6.07) is -1.03. The Kier molecular flexibility index (Phi) is 4.02. The Morgan fingerprint density at radius 1 is 1.55 bits per heavy atom. The van der Waals surface area contributed by atoms with Crippen LogP contribution in [0.2, 0.25) is 0 Å². The Morgan fingerprint density at radius 2 is 2.00 bits per heavy atom. The first-order chi connectivity index (χ1) is 4.95. The number of carbonyl (C=O) groups is 1. The fraction of sp³-hybridized carbons (Fsp3) is 0.833. The molecule has 0 rings (SSSR count). The molecule has 0 fully saturated rings. The molecule has 0 amide bonds. The van der Waals surface area contributed by atoms with Crippen molar-refractivity contribution >= 4 is 5.97 Å². The van der Waals surface area contributed by atoms with Crippen LogP contribution in [0.4, 0.5) is 0 Å². The summed E-state index contributed by atoms with van der Waals surface area (Å²) in [5.74, 6) is -1.56. The van der Waals surface area contributed by atoms with Gasteiger partial charge in [-0.1, -0.05) is 6.92 Å². The molecular formula is C6H13NO4. The first-order valence-corrected chi connectivity index (χ1v) is 3.29. The molecule has 0 aliphatic rings. The summed E-state index contributed by atoms with van der Waals surface area (Å²) in [6.07, 6.45) is -1.51. The van der Waals surface area contributed by atoms with Gasteiger partial charge in [-0.3, -0.25) is 4.79 Å². The summed E-state index contributed by atoms with van der Waals surface area (Å²) < 4.78 is 0. The fourth-order valence-electron chi connectivity index (χ4n) is 0.723. The quantitative estimate of drug-likeness (QED) is 0.387. The van der Waals surface area contributed by atoms with Crippen molar-refractivity contribution in [2.75, 3.05) is 0 Å². The third-order valence-electron chi connectivity index (χ3n) is 1.48. The maximum absolute atomic E-state index is 10.2. The SMILES string of the molecule is CC(CC(O)O)C(N)C(=O)O. The van der Waals surface area contributed by atoms with E-state index in [1.54, 1.807) is 6.92 Å². The van der Waals surface area contributed by atoms with Crippen molar-refractivity contribution < 1.29 is 20.1 Å². The molecule has 5 heteroatoms. The van der Waals surface area contributed by atoms with Crippen LogP contribution in [0.25, 0.3) is 0 Å². The highest BCUT2D eigenvalue weighted by Gasteiger charge is 2.21. The lowest BCUT2D eigenvalue weighted by molar-refractivity contribution is -0.140. The van der Waals surface area contributed by atoms with Gasteiger partial charge in [0.2, 0.25) is 0 Å². The van der Waals surface area contributed by atoms with Gasteiger partial charge in [0, 0.05) is 6.42 Å². The first-order valence-electron chi connectivity index (χ1n) is 3.29. The van der Waals surface area contributed by atoms with Crippen LogP contribution in [0, 0.1) is 5.92 Å². The van der Waals surface area contributed by atoms with E-state index < -0.39 is 24.2 Å². The van der Waals surface area contributed by atoms with Gasteiger partial charge in [0.05, 0.1) is 0 Å². The predicted octanol–water partition coefficient (Wildman–Crippen LogP) is -1.26. The van der Waals surface area contributed by atoms with E-state index in [-0.39, 0.29) is 6.42 Å². The minimum absolute atomic E-state index is 0.0204. The number of aliphatic carboxylic acids is 1. The molecular weight excluding hydrogens is 150 g/mol. The van der Waals surface area contributed by atoms with Crippen LogP contribution in [-0.2, 0) is 4.79 Å². The summed E-state index contributed by atoms with van der Waals surface area (Å²) in [5, 5.41) is 25.3. The molecule has 0 aromatic rings. The largest absolute Gasteiger partial charge is 0.480 e. The molecule has 2 unspecified atom stereocenters. The van der Waals surface area contributed by atoms with E-state index in [0.29, 0.717) is 0 Å². The van der Waals surface area contributed by atoms with Gasteiger partial charge in [-0.2, -0.15) is 0 Å². The second kappa shape index (κ2) is 4.27. The minimum Gasteiger partial charge on any atom is -0.480 e. The number of hydrogen-bond donors (Lipinski definition) is 4. The summed E-state index contributed by atoms with van der Waals surface area (Å²) in [7, 11) is 0. The zero-order chi connectivity index (χ0) is 9.02. The molecule has 0 aromatic carbocycles. The molecule has 0 heterocycles. The van der Waals surface area contributed by atoms with Gasteiger partial charge in [-0.15, -0.1) is 0 Å². The van der Waals surface area contributed by atoms with Crippen LogP contribution in [-0.4, -0.2) is 33.6 Å². The van der Waals surface area contributed by atoms with Gasteiger partial charge in [0.15, 0.2) is 6.29 Å². The van der Waals surface area contributed by atoms with Crippen molar-refractivity contribution in [1.29, 1.82) is 0 Å². The van der Waals surface area contributed by atoms with Gasteiger partial charge in [0.25, 0.3) is 0 Å². The van der Waals surface area contributed by atoms with E-state index in [2.05, 4.69) is 0 Å². The van der Waals surface area contributed by atoms with E-state index in [1.165, 1.54) is 0 Å². The van der Waals surface area contributed by atoms with Crippen molar-refractivity contribution in [1.82, 2.24) is 0 Å². The Balaban J connectivity index is 3.82. The molecule has 0 bridgehead atoms. The van der Waals surface area contributed by atoms with E-state index in [4.69, 9.17) is 21.1 Å². The predicted molar refractivity (Wildman–Crippen MR) is 37.6 cm³/mol. The number of nitrogens with two attached hydrogens (primary N) is 1. The monoisotopic (exact) mass is 163 g/mol. The van der Waals surface area contributed by atoms with Crippen LogP contribution in [0.1, 0.15) is 13.3 Å². The van der Waals surface area contributed by atoms with Crippen LogP contribution < -0.4 is 5.73 Å². The van der Waals surface area contributed by atoms with Crippen molar-refractivity contribution in [3.8, 4) is 0 Å². The average Bonchev–Trinajstić information content (AvgIpc) is 1.84. The normalized spacial score (nSPS) is 16.5. The van der Waals surface area contributed by atoms with E-state index in [1.807, 2.05) is 0 Å². The van der Waals surface area contributed by atoms with Crippen LogP contribution in [0.3, 0.4) is 0 Å². The molecule has 0 aliphatic carbocycles. The molecule has 0 saturated heterocycles. The topological polar surface area (TPSA) is 104 Å². The highest BCUT2D eigenvalue weighted by molar-refractivity contribution is 5.73. The molecule has 11 heavy (non-hydrogen) atoms.